The van der Waals surface area contributed by atoms with Gasteiger partial charge in [0.1, 0.15) is 11.7 Å². The first-order chi connectivity index (χ1) is 11.1. The van der Waals surface area contributed by atoms with E-state index in [1.165, 1.54) is 4.90 Å². The summed E-state index contributed by atoms with van der Waals surface area (Å²) in [4.78, 5) is 37.7. The Morgan fingerprint density at radius 2 is 1.87 bits per heavy atom. The Morgan fingerprint density at radius 3 is 2.43 bits per heavy atom. The lowest BCUT2D eigenvalue weighted by Crippen LogP contribution is -2.46. The number of Topliss-reactive ketones (excluding diaryl/α,β-unsaturated/α-hetero) is 1. The van der Waals surface area contributed by atoms with Crippen molar-refractivity contribution in [2.45, 2.75) is 20.3 Å². The van der Waals surface area contributed by atoms with E-state index in [2.05, 4.69) is 0 Å². The molecule has 0 radical (unpaired) electrons. The number of likely N-dealkylation sites (tertiary alicyclic amines) is 1. The first-order valence-corrected chi connectivity index (χ1v) is 7.78. The van der Waals surface area contributed by atoms with Gasteiger partial charge < -0.3 is 14.4 Å². The monoisotopic (exact) mass is 319 g/mol. The zero-order valence-corrected chi connectivity index (χ0v) is 13.4. The number of amides is 1. The Hall–Kier alpha value is -2.37. The predicted molar refractivity (Wildman–Crippen MR) is 83.3 cm³/mol. The highest BCUT2D eigenvalue weighted by Crippen LogP contribution is 2.19. The van der Waals surface area contributed by atoms with Gasteiger partial charge in [0.05, 0.1) is 19.8 Å². The lowest BCUT2D eigenvalue weighted by atomic mass is 9.95. The number of carbonyl (C=O) groups excluding carboxylic acids is 3. The smallest absolute Gasteiger partial charge is 0.316 e. The third-order valence-corrected chi connectivity index (χ3v) is 3.69. The number of carbonyl (C=O) groups is 3. The van der Waals surface area contributed by atoms with Crippen molar-refractivity contribution < 1.29 is 23.9 Å². The van der Waals surface area contributed by atoms with Crippen molar-refractivity contribution in [3.8, 4) is 5.75 Å². The van der Waals surface area contributed by atoms with Gasteiger partial charge in [-0.1, -0.05) is 0 Å². The molecule has 1 aromatic carbocycles. The zero-order valence-electron chi connectivity index (χ0n) is 13.4. The molecule has 1 atom stereocenters. The zero-order chi connectivity index (χ0) is 16.8. The van der Waals surface area contributed by atoms with Crippen molar-refractivity contribution in [3.63, 3.8) is 0 Å². The van der Waals surface area contributed by atoms with Crippen LogP contribution in [0.1, 0.15) is 30.6 Å². The molecule has 2 rings (SSSR count). The van der Waals surface area contributed by atoms with E-state index in [9.17, 15) is 14.4 Å². The van der Waals surface area contributed by atoms with Crippen LogP contribution in [-0.2, 0) is 14.3 Å². The second-order valence-corrected chi connectivity index (χ2v) is 5.24. The Labute approximate surface area is 135 Å². The summed E-state index contributed by atoms with van der Waals surface area (Å²) in [7, 11) is 0. The minimum Gasteiger partial charge on any atom is -0.494 e. The van der Waals surface area contributed by atoms with E-state index in [-0.39, 0.29) is 24.8 Å². The Morgan fingerprint density at radius 1 is 1.17 bits per heavy atom. The van der Waals surface area contributed by atoms with Crippen LogP contribution in [-0.4, -0.2) is 48.9 Å². The number of ether oxygens (including phenoxy) is 2. The molecule has 1 fully saturated rings. The maximum Gasteiger partial charge on any atom is 0.316 e. The molecule has 1 heterocycles. The third-order valence-electron chi connectivity index (χ3n) is 3.69. The van der Waals surface area contributed by atoms with Gasteiger partial charge in [-0.25, -0.2) is 0 Å². The van der Waals surface area contributed by atoms with Gasteiger partial charge in [-0.3, -0.25) is 14.4 Å². The molecule has 6 nitrogen and oxygen atoms in total. The van der Waals surface area contributed by atoms with Crippen LogP contribution in [0.25, 0.3) is 0 Å². The van der Waals surface area contributed by atoms with Crippen LogP contribution in [0.2, 0.25) is 0 Å². The largest absolute Gasteiger partial charge is 0.494 e. The topological polar surface area (TPSA) is 72.9 Å². The van der Waals surface area contributed by atoms with E-state index in [0.29, 0.717) is 30.9 Å². The summed E-state index contributed by atoms with van der Waals surface area (Å²) in [5.41, 5.74) is 0.496. The Kier molecular flexibility index (Phi) is 5.73. The standard InChI is InChI=1S/C17H21NO5/c1-3-22-13-7-5-12(6-8-13)16(20)18-10-9-14(15(19)11-18)17(21)23-4-2/h5-8,14H,3-4,9-11H2,1-2H3. The van der Waals surface area contributed by atoms with Gasteiger partial charge in [-0.2, -0.15) is 0 Å². The highest BCUT2D eigenvalue weighted by atomic mass is 16.5. The highest BCUT2D eigenvalue weighted by Gasteiger charge is 2.35. The molecule has 1 saturated heterocycles. The normalized spacial score (nSPS) is 17.7. The molecule has 0 N–H and O–H groups in total. The van der Waals surface area contributed by atoms with Crippen molar-refractivity contribution >= 4 is 17.7 Å². The summed E-state index contributed by atoms with van der Waals surface area (Å²) < 4.78 is 10.2. The molecule has 23 heavy (non-hydrogen) atoms. The molecule has 0 aliphatic carbocycles. The number of esters is 1. The molecule has 0 saturated carbocycles. The van der Waals surface area contributed by atoms with E-state index in [4.69, 9.17) is 9.47 Å². The number of rotatable bonds is 5. The van der Waals surface area contributed by atoms with Crippen molar-refractivity contribution in [1.29, 1.82) is 0 Å². The van der Waals surface area contributed by atoms with E-state index < -0.39 is 11.9 Å². The Balaban J connectivity index is 1.99. The first kappa shape index (κ1) is 17.0. The lowest BCUT2D eigenvalue weighted by molar-refractivity contribution is -0.153. The van der Waals surface area contributed by atoms with Gasteiger partial charge in [0.15, 0.2) is 5.78 Å². The molecule has 0 spiro atoms. The molecular weight excluding hydrogens is 298 g/mol. The fraction of sp³-hybridized carbons (Fsp3) is 0.471. The summed E-state index contributed by atoms with van der Waals surface area (Å²) in [5.74, 6) is -1.04. The quantitative estimate of drug-likeness (QED) is 0.610. The number of hydrogen-bond donors (Lipinski definition) is 0. The first-order valence-electron chi connectivity index (χ1n) is 7.78. The van der Waals surface area contributed by atoms with Gasteiger partial charge >= 0.3 is 5.97 Å². The fourth-order valence-corrected chi connectivity index (χ4v) is 2.53. The van der Waals surface area contributed by atoms with Crippen LogP contribution in [0, 0.1) is 5.92 Å². The number of piperidine rings is 1. The summed E-state index contributed by atoms with van der Waals surface area (Å²) in [6, 6.07) is 6.80. The van der Waals surface area contributed by atoms with Gasteiger partial charge in [0.25, 0.3) is 5.91 Å². The van der Waals surface area contributed by atoms with Gasteiger partial charge in [0, 0.05) is 12.1 Å². The average molecular weight is 319 g/mol. The molecular formula is C17H21NO5. The van der Waals surface area contributed by atoms with E-state index >= 15 is 0 Å². The average Bonchev–Trinajstić information content (AvgIpc) is 2.55. The number of nitrogens with zero attached hydrogens (tertiary/aromatic N) is 1. The number of ketones is 1. The minimum absolute atomic E-state index is 0.0600. The van der Waals surface area contributed by atoms with Crippen molar-refractivity contribution in [2.75, 3.05) is 26.3 Å². The van der Waals surface area contributed by atoms with Crippen LogP contribution >= 0.6 is 0 Å². The molecule has 0 bridgehead atoms. The summed E-state index contributed by atoms with van der Waals surface area (Å²) in [6.45, 7) is 4.70. The Bertz CT molecular complexity index is 581. The molecule has 1 aliphatic rings. The SMILES string of the molecule is CCOC(=O)C1CCN(C(=O)c2ccc(OCC)cc2)CC1=O. The van der Waals surface area contributed by atoms with Crippen molar-refractivity contribution in [3.05, 3.63) is 29.8 Å². The second-order valence-electron chi connectivity index (χ2n) is 5.24. The van der Waals surface area contributed by atoms with Gasteiger partial charge in [-0.05, 0) is 44.5 Å². The molecule has 1 aromatic rings. The fourth-order valence-electron chi connectivity index (χ4n) is 2.53. The highest BCUT2D eigenvalue weighted by molar-refractivity contribution is 6.04. The van der Waals surface area contributed by atoms with Crippen LogP contribution in [0.15, 0.2) is 24.3 Å². The summed E-state index contributed by atoms with van der Waals surface area (Å²) in [5, 5.41) is 0. The van der Waals surface area contributed by atoms with Crippen molar-refractivity contribution in [1.82, 2.24) is 4.90 Å². The van der Waals surface area contributed by atoms with Crippen LogP contribution in [0.4, 0.5) is 0 Å². The third kappa shape index (κ3) is 4.09. The molecule has 1 unspecified atom stereocenters. The van der Waals surface area contributed by atoms with E-state index in [1.54, 1.807) is 31.2 Å². The van der Waals surface area contributed by atoms with Crippen LogP contribution < -0.4 is 4.74 Å². The van der Waals surface area contributed by atoms with Crippen LogP contribution in [0.3, 0.4) is 0 Å². The van der Waals surface area contributed by atoms with Gasteiger partial charge in [-0.15, -0.1) is 0 Å². The van der Waals surface area contributed by atoms with Crippen molar-refractivity contribution in [2.24, 2.45) is 5.92 Å². The maximum atomic E-state index is 12.4. The lowest BCUT2D eigenvalue weighted by Gasteiger charge is -2.29. The maximum absolute atomic E-state index is 12.4. The second kappa shape index (κ2) is 7.76. The van der Waals surface area contributed by atoms with Crippen LogP contribution in [0.5, 0.6) is 5.75 Å². The van der Waals surface area contributed by atoms with E-state index in [0.717, 1.165) is 0 Å². The molecule has 6 heteroatoms. The molecule has 124 valence electrons. The predicted octanol–water partition coefficient (Wildman–Crippen LogP) is 1.68. The molecule has 1 amide bonds. The van der Waals surface area contributed by atoms with E-state index in [1.807, 2.05) is 6.92 Å². The number of hydrogen-bond acceptors (Lipinski definition) is 5. The minimum atomic E-state index is -0.751. The summed E-state index contributed by atoms with van der Waals surface area (Å²) >= 11 is 0. The van der Waals surface area contributed by atoms with Gasteiger partial charge in [0.2, 0.25) is 0 Å². The molecule has 1 aliphatic heterocycles. The summed E-state index contributed by atoms with van der Waals surface area (Å²) in [6.07, 6.45) is 0.306. The molecule has 0 aromatic heterocycles. The number of benzene rings is 1.